The maximum Gasteiger partial charge on any atom is 0.222 e. The molecule has 1 saturated carbocycles. The third-order valence-corrected chi connectivity index (χ3v) is 4.63. The van der Waals surface area contributed by atoms with E-state index in [0.717, 1.165) is 32.1 Å². The van der Waals surface area contributed by atoms with Gasteiger partial charge in [-0.3, -0.25) is 4.79 Å². The minimum Gasteiger partial charge on any atom is -0.396 e. The second-order valence-electron chi connectivity index (χ2n) is 6.75. The van der Waals surface area contributed by atoms with Gasteiger partial charge in [0.1, 0.15) is 0 Å². The standard InChI is InChI=1S/C16H32N2O2/c1-13(7-6-8-14(2)17)15(20)18-11-16(12-19)9-4-3-5-10-16/h13-14,19H,3-12,17H2,1-2H3,(H,18,20). The molecule has 4 nitrogen and oxygen atoms in total. The predicted octanol–water partition coefficient (Wildman–Crippen LogP) is 2.20. The molecule has 1 rings (SSSR count). The van der Waals surface area contributed by atoms with Crippen LogP contribution < -0.4 is 11.1 Å². The fraction of sp³-hybridized carbons (Fsp3) is 0.938. The average molecular weight is 284 g/mol. The molecule has 2 atom stereocenters. The average Bonchev–Trinajstić information content (AvgIpc) is 2.45. The van der Waals surface area contributed by atoms with E-state index in [2.05, 4.69) is 5.32 Å². The lowest BCUT2D eigenvalue weighted by atomic mass is 9.74. The summed E-state index contributed by atoms with van der Waals surface area (Å²) in [6, 6.07) is 0.213. The number of aliphatic hydroxyl groups is 1. The third-order valence-electron chi connectivity index (χ3n) is 4.63. The maximum absolute atomic E-state index is 12.1. The highest BCUT2D eigenvalue weighted by atomic mass is 16.3. The van der Waals surface area contributed by atoms with Gasteiger partial charge in [0, 0.05) is 23.9 Å². The van der Waals surface area contributed by atoms with Crippen molar-refractivity contribution < 1.29 is 9.90 Å². The van der Waals surface area contributed by atoms with E-state index in [9.17, 15) is 9.90 Å². The molecule has 4 heteroatoms. The van der Waals surface area contributed by atoms with E-state index in [1.165, 1.54) is 19.3 Å². The number of carbonyl (C=O) groups is 1. The van der Waals surface area contributed by atoms with Gasteiger partial charge in [0.2, 0.25) is 5.91 Å². The van der Waals surface area contributed by atoms with Crippen LogP contribution in [0.15, 0.2) is 0 Å². The molecule has 0 radical (unpaired) electrons. The second kappa shape index (κ2) is 8.63. The van der Waals surface area contributed by atoms with Gasteiger partial charge in [-0.1, -0.05) is 32.6 Å². The number of nitrogens with two attached hydrogens (primary N) is 1. The van der Waals surface area contributed by atoms with Crippen molar-refractivity contribution in [3.05, 3.63) is 0 Å². The van der Waals surface area contributed by atoms with Gasteiger partial charge in [0.25, 0.3) is 0 Å². The Kier molecular flexibility index (Phi) is 7.52. The predicted molar refractivity (Wildman–Crippen MR) is 82.3 cm³/mol. The molecule has 2 unspecified atom stereocenters. The largest absolute Gasteiger partial charge is 0.396 e. The molecule has 0 aromatic heterocycles. The van der Waals surface area contributed by atoms with Crippen molar-refractivity contribution in [2.24, 2.45) is 17.1 Å². The van der Waals surface area contributed by atoms with Crippen molar-refractivity contribution in [2.75, 3.05) is 13.2 Å². The molecule has 0 aromatic rings. The van der Waals surface area contributed by atoms with Gasteiger partial charge in [-0.15, -0.1) is 0 Å². The van der Waals surface area contributed by atoms with Crippen LogP contribution in [0, 0.1) is 11.3 Å². The quantitative estimate of drug-likeness (QED) is 0.639. The fourth-order valence-electron chi connectivity index (χ4n) is 3.02. The molecule has 0 aromatic carbocycles. The Morgan fingerprint density at radius 2 is 1.90 bits per heavy atom. The highest BCUT2D eigenvalue weighted by molar-refractivity contribution is 5.78. The van der Waals surface area contributed by atoms with Crippen LogP contribution in [-0.2, 0) is 4.79 Å². The molecule has 0 bridgehead atoms. The number of carbonyl (C=O) groups excluding carboxylic acids is 1. The zero-order valence-electron chi connectivity index (χ0n) is 13.2. The van der Waals surface area contributed by atoms with Crippen molar-refractivity contribution in [3.8, 4) is 0 Å². The lowest BCUT2D eigenvalue weighted by molar-refractivity contribution is -0.125. The Labute approximate surface area is 123 Å². The number of rotatable bonds is 8. The molecule has 0 heterocycles. The molecule has 1 aliphatic carbocycles. The molecule has 118 valence electrons. The van der Waals surface area contributed by atoms with E-state index >= 15 is 0 Å². The Morgan fingerprint density at radius 3 is 2.45 bits per heavy atom. The first-order valence-electron chi connectivity index (χ1n) is 8.13. The zero-order valence-corrected chi connectivity index (χ0v) is 13.2. The Bertz CT molecular complexity index is 286. The molecule has 4 N–H and O–H groups in total. The van der Waals surface area contributed by atoms with Crippen LogP contribution in [0.5, 0.6) is 0 Å². The van der Waals surface area contributed by atoms with E-state index in [0.29, 0.717) is 6.54 Å². The summed E-state index contributed by atoms with van der Waals surface area (Å²) in [7, 11) is 0. The van der Waals surface area contributed by atoms with E-state index in [1.807, 2.05) is 13.8 Å². The number of amides is 1. The Balaban J connectivity index is 2.30. The summed E-state index contributed by atoms with van der Waals surface area (Å²) in [4.78, 5) is 12.1. The number of hydrogen-bond acceptors (Lipinski definition) is 3. The molecular formula is C16H32N2O2. The van der Waals surface area contributed by atoms with Crippen LogP contribution in [0.4, 0.5) is 0 Å². The summed E-state index contributed by atoms with van der Waals surface area (Å²) in [5.41, 5.74) is 5.65. The SMILES string of the molecule is CC(N)CCCC(C)C(=O)NCC1(CO)CCCCC1. The maximum atomic E-state index is 12.1. The first-order valence-corrected chi connectivity index (χ1v) is 8.13. The van der Waals surface area contributed by atoms with E-state index < -0.39 is 0 Å². The van der Waals surface area contributed by atoms with E-state index in [-0.39, 0.29) is 29.9 Å². The lowest BCUT2D eigenvalue weighted by Gasteiger charge is -2.36. The molecule has 0 aliphatic heterocycles. The van der Waals surface area contributed by atoms with E-state index in [1.54, 1.807) is 0 Å². The van der Waals surface area contributed by atoms with Crippen LogP contribution in [0.2, 0.25) is 0 Å². The number of nitrogens with one attached hydrogen (secondary N) is 1. The minimum atomic E-state index is -0.0700. The molecule has 1 amide bonds. The van der Waals surface area contributed by atoms with Crippen molar-refractivity contribution in [3.63, 3.8) is 0 Å². The second-order valence-corrected chi connectivity index (χ2v) is 6.75. The highest BCUT2D eigenvalue weighted by Crippen LogP contribution is 2.35. The van der Waals surface area contributed by atoms with Crippen molar-refractivity contribution in [2.45, 2.75) is 71.3 Å². The normalized spacial score (nSPS) is 21.2. The van der Waals surface area contributed by atoms with Gasteiger partial charge in [-0.05, 0) is 32.6 Å². The minimum absolute atomic E-state index is 0.0353. The molecule has 20 heavy (non-hydrogen) atoms. The van der Waals surface area contributed by atoms with Gasteiger partial charge in [-0.2, -0.15) is 0 Å². The van der Waals surface area contributed by atoms with Gasteiger partial charge in [0.15, 0.2) is 0 Å². The summed E-state index contributed by atoms with van der Waals surface area (Å²) >= 11 is 0. The van der Waals surface area contributed by atoms with Crippen LogP contribution in [0.3, 0.4) is 0 Å². The Morgan fingerprint density at radius 1 is 1.25 bits per heavy atom. The number of aliphatic hydroxyl groups excluding tert-OH is 1. The van der Waals surface area contributed by atoms with Crippen LogP contribution in [0.1, 0.15) is 65.2 Å². The Hall–Kier alpha value is -0.610. The molecule has 0 saturated heterocycles. The summed E-state index contributed by atoms with van der Waals surface area (Å²) in [5.74, 6) is 0.154. The smallest absolute Gasteiger partial charge is 0.222 e. The molecule has 1 aliphatic rings. The van der Waals surface area contributed by atoms with Crippen LogP contribution >= 0.6 is 0 Å². The first-order chi connectivity index (χ1) is 9.49. The van der Waals surface area contributed by atoms with Gasteiger partial charge >= 0.3 is 0 Å². The van der Waals surface area contributed by atoms with Crippen molar-refractivity contribution in [1.29, 1.82) is 0 Å². The van der Waals surface area contributed by atoms with Gasteiger partial charge < -0.3 is 16.2 Å². The summed E-state index contributed by atoms with van der Waals surface area (Å²) in [6.07, 6.45) is 8.50. The summed E-state index contributed by atoms with van der Waals surface area (Å²) < 4.78 is 0. The molecular weight excluding hydrogens is 252 g/mol. The lowest BCUT2D eigenvalue weighted by Crippen LogP contribution is -2.43. The monoisotopic (exact) mass is 284 g/mol. The van der Waals surface area contributed by atoms with Crippen LogP contribution in [-0.4, -0.2) is 30.2 Å². The van der Waals surface area contributed by atoms with Crippen LogP contribution in [0.25, 0.3) is 0 Å². The van der Waals surface area contributed by atoms with Crippen molar-refractivity contribution in [1.82, 2.24) is 5.32 Å². The summed E-state index contributed by atoms with van der Waals surface area (Å²) in [6.45, 7) is 4.79. The third kappa shape index (κ3) is 5.80. The number of hydrogen-bond donors (Lipinski definition) is 3. The summed E-state index contributed by atoms with van der Waals surface area (Å²) in [5, 5.41) is 12.7. The fourth-order valence-corrected chi connectivity index (χ4v) is 3.02. The van der Waals surface area contributed by atoms with Gasteiger partial charge in [0.05, 0.1) is 6.61 Å². The topological polar surface area (TPSA) is 75.4 Å². The molecule has 0 spiro atoms. The van der Waals surface area contributed by atoms with Crippen molar-refractivity contribution >= 4 is 5.91 Å². The zero-order chi connectivity index (χ0) is 15.0. The van der Waals surface area contributed by atoms with E-state index in [4.69, 9.17) is 5.73 Å². The molecule has 1 fully saturated rings. The first kappa shape index (κ1) is 17.4. The van der Waals surface area contributed by atoms with Gasteiger partial charge in [-0.25, -0.2) is 0 Å². The highest BCUT2D eigenvalue weighted by Gasteiger charge is 2.32.